The highest BCUT2D eigenvalue weighted by Crippen LogP contribution is 2.38. The third kappa shape index (κ3) is 6.16. The van der Waals surface area contributed by atoms with Gasteiger partial charge in [-0.2, -0.15) is 0 Å². The van der Waals surface area contributed by atoms with Crippen LogP contribution in [0.3, 0.4) is 0 Å². The van der Waals surface area contributed by atoms with E-state index in [4.69, 9.17) is 0 Å². The van der Waals surface area contributed by atoms with E-state index in [0.717, 1.165) is 48.9 Å². The number of carbonyl (C=O) groups excluding carboxylic acids is 2. The fourth-order valence-electron chi connectivity index (χ4n) is 3.83. The van der Waals surface area contributed by atoms with Gasteiger partial charge in [0.15, 0.2) is 11.5 Å². The largest absolute Gasteiger partial charge is 0.503 e. The maximum absolute atomic E-state index is 12.7. The topological polar surface area (TPSA) is 60.9 Å². The number of carbonyl (C=O) groups is 2. The van der Waals surface area contributed by atoms with Gasteiger partial charge in [-0.15, -0.1) is 0 Å². The molecule has 1 aliphatic rings. The molecule has 1 amide bonds. The van der Waals surface area contributed by atoms with Gasteiger partial charge < -0.3 is 14.9 Å². The molecule has 0 aliphatic carbocycles. The fourth-order valence-corrected chi connectivity index (χ4v) is 4.25. The van der Waals surface area contributed by atoms with Crippen molar-refractivity contribution in [3.8, 4) is 0 Å². The van der Waals surface area contributed by atoms with Crippen molar-refractivity contribution in [2.75, 3.05) is 26.2 Å². The molecule has 1 N–H and O–H groups in total. The van der Waals surface area contributed by atoms with Crippen LogP contribution in [0.1, 0.15) is 64.5 Å². The van der Waals surface area contributed by atoms with Crippen LogP contribution in [0.25, 0.3) is 0 Å². The molecule has 0 radical (unpaired) electrons. The van der Waals surface area contributed by atoms with Crippen molar-refractivity contribution in [3.05, 3.63) is 45.6 Å². The van der Waals surface area contributed by atoms with Crippen LogP contribution in [0, 0.1) is 0 Å². The molecule has 1 aromatic carbocycles. The normalized spacial score (nSPS) is 16.9. The predicted molar refractivity (Wildman–Crippen MR) is 120 cm³/mol. The molecule has 0 aromatic heterocycles. The van der Waals surface area contributed by atoms with Crippen LogP contribution < -0.4 is 0 Å². The Labute approximate surface area is 182 Å². The Morgan fingerprint density at radius 2 is 1.76 bits per heavy atom. The van der Waals surface area contributed by atoms with E-state index in [0.29, 0.717) is 6.54 Å². The Morgan fingerprint density at radius 1 is 1.14 bits per heavy atom. The van der Waals surface area contributed by atoms with Crippen LogP contribution in [-0.2, 0) is 9.59 Å². The second kappa shape index (κ2) is 11.5. The summed E-state index contributed by atoms with van der Waals surface area (Å²) in [6, 6.07) is 7.05. The molecule has 29 heavy (non-hydrogen) atoms. The van der Waals surface area contributed by atoms with Crippen molar-refractivity contribution in [1.29, 1.82) is 0 Å². The molecule has 5 nitrogen and oxygen atoms in total. The van der Waals surface area contributed by atoms with Gasteiger partial charge >= 0.3 is 0 Å². The Kier molecular flexibility index (Phi) is 9.37. The second-order valence-corrected chi connectivity index (χ2v) is 8.59. The third-order valence-corrected chi connectivity index (χ3v) is 5.87. The van der Waals surface area contributed by atoms with Gasteiger partial charge in [0.05, 0.1) is 11.6 Å². The Bertz CT molecular complexity index is 739. The molecule has 2 rings (SSSR count). The van der Waals surface area contributed by atoms with Crippen molar-refractivity contribution >= 4 is 27.6 Å². The maximum Gasteiger partial charge on any atom is 0.290 e. The van der Waals surface area contributed by atoms with Crippen molar-refractivity contribution in [3.63, 3.8) is 0 Å². The van der Waals surface area contributed by atoms with E-state index in [9.17, 15) is 14.7 Å². The lowest BCUT2D eigenvalue weighted by Gasteiger charge is -2.28. The van der Waals surface area contributed by atoms with Gasteiger partial charge in [-0.1, -0.05) is 54.8 Å². The lowest BCUT2D eigenvalue weighted by molar-refractivity contribution is -0.129. The van der Waals surface area contributed by atoms with Crippen LogP contribution >= 0.6 is 15.9 Å². The lowest BCUT2D eigenvalue weighted by Crippen LogP contribution is -2.35. The summed E-state index contributed by atoms with van der Waals surface area (Å²) in [5, 5.41) is 10.4. The standard InChI is InChI=1S/C23H33BrN2O3/c1-4-6-12-25(13-7-5-2)14-9-15-26-21(18-10-8-11-19(24)16-18)20(17(3)27)22(28)23(26)29/h8,10-11,16,21,28H,4-7,9,12-15H2,1-3H3. The van der Waals surface area contributed by atoms with Crippen LogP contribution in [0.5, 0.6) is 0 Å². The number of Topliss-reactive ketones (excluding diaryl/α,β-unsaturated/α-hetero) is 1. The van der Waals surface area contributed by atoms with Crippen molar-refractivity contribution in [2.45, 2.75) is 58.9 Å². The highest BCUT2D eigenvalue weighted by Gasteiger charge is 2.42. The number of amides is 1. The van der Waals surface area contributed by atoms with Crippen molar-refractivity contribution in [1.82, 2.24) is 9.80 Å². The minimum absolute atomic E-state index is 0.196. The molecular formula is C23H33BrN2O3. The summed E-state index contributed by atoms with van der Waals surface area (Å²) in [6.45, 7) is 9.35. The zero-order valence-corrected chi connectivity index (χ0v) is 19.4. The molecule has 1 aromatic rings. The molecule has 1 unspecified atom stereocenters. The first-order valence-corrected chi connectivity index (χ1v) is 11.4. The number of hydrogen-bond donors (Lipinski definition) is 1. The SMILES string of the molecule is CCCCN(CCCC)CCCN1C(=O)C(O)=C(C(C)=O)C1c1cccc(Br)c1. The quantitative estimate of drug-likeness (QED) is 0.471. The predicted octanol–water partition coefficient (Wildman–Crippen LogP) is 5.03. The third-order valence-electron chi connectivity index (χ3n) is 5.38. The number of unbranched alkanes of at least 4 members (excludes halogenated alkanes) is 2. The van der Waals surface area contributed by atoms with Gasteiger partial charge in [-0.05, 0) is 63.5 Å². The molecule has 0 saturated heterocycles. The smallest absolute Gasteiger partial charge is 0.290 e. The monoisotopic (exact) mass is 464 g/mol. The average Bonchev–Trinajstić information content (AvgIpc) is 2.94. The van der Waals surface area contributed by atoms with E-state index in [1.165, 1.54) is 19.8 Å². The van der Waals surface area contributed by atoms with Gasteiger partial charge in [0.2, 0.25) is 0 Å². The lowest BCUT2D eigenvalue weighted by atomic mass is 9.97. The number of aliphatic hydroxyl groups is 1. The van der Waals surface area contributed by atoms with Gasteiger partial charge in [-0.3, -0.25) is 9.59 Å². The fraction of sp³-hybridized carbons (Fsp3) is 0.565. The highest BCUT2D eigenvalue weighted by molar-refractivity contribution is 9.10. The maximum atomic E-state index is 12.7. The summed E-state index contributed by atoms with van der Waals surface area (Å²) in [5.74, 6) is -1.12. The number of hydrogen-bond acceptors (Lipinski definition) is 4. The van der Waals surface area contributed by atoms with Crippen LogP contribution in [0.4, 0.5) is 0 Å². The molecule has 160 valence electrons. The molecule has 1 aliphatic heterocycles. The summed E-state index contributed by atoms with van der Waals surface area (Å²) in [6.07, 6.45) is 5.48. The van der Waals surface area contributed by atoms with E-state index in [2.05, 4.69) is 34.7 Å². The van der Waals surface area contributed by atoms with E-state index in [1.807, 2.05) is 24.3 Å². The molecule has 1 atom stereocenters. The van der Waals surface area contributed by atoms with E-state index in [-0.39, 0.29) is 11.4 Å². The molecule has 1 heterocycles. The first-order valence-electron chi connectivity index (χ1n) is 10.6. The molecular weight excluding hydrogens is 432 g/mol. The van der Waals surface area contributed by atoms with Gasteiger partial charge in [0.1, 0.15) is 0 Å². The molecule has 6 heteroatoms. The molecule has 0 saturated carbocycles. The summed E-state index contributed by atoms with van der Waals surface area (Å²) in [7, 11) is 0. The number of halogens is 1. The summed E-state index contributed by atoms with van der Waals surface area (Å²) < 4.78 is 0.877. The Morgan fingerprint density at radius 3 is 2.31 bits per heavy atom. The van der Waals surface area contributed by atoms with Crippen LogP contribution in [0.2, 0.25) is 0 Å². The Hall–Kier alpha value is -1.66. The molecule has 0 fully saturated rings. The Balaban J connectivity index is 2.15. The molecule has 0 bridgehead atoms. The first-order chi connectivity index (χ1) is 13.9. The van der Waals surface area contributed by atoms with Gasteiger partial charge in [-0.25, -0.2) is 0 Å². The highest BCUT2D eigenvalue weighted by atomic mass is 79.9. The van der Waals surface area contributed by atoms with Crippen LogP contribution in [0.15, 0.2) is 40.1 Å². The molecule has 0 spiro atoms. The zero-order chi connectivity index (χ0) is 21.4. The number of benzene rings is 1. The van der Waals surface area contributed by atoms with Crippen LogP contribution in [-0.4, -0.2) is 52.8 Å². The summed E-state index contributed by atoms with van der Waals surface area (Å²) in [4.78, 5) is 29.1. The van der Waals surface area contributed by atoms with E-state index >= 15 is 0 Å². The van der Waals surface area contributed by atoms with Gasteiger partial charge in [0.25, 0.3) is 5.91 Å². The second-order valence-electron chi connectivity index (χ2n) is 7.68. The minimum Gasteiger partial charge on any atom is -0.503 e. The zero-order valence-electron chi connectivity index (χ0n) is 17.8. The van der Waals surface area contributed by atoms with Crippen molar-refractivity contribution in [2.24, 2.45) is 0 Å². The summed E-state index contributed by atoms with van der Waals surface area (Å²) >= 11 is 3.46. The number of rotatable bonds is 12. The number of nitrogens with zero attached hydrogens (tertiary/aromatic N) is 2. The average molecular weight is 465 g/mol. The summed E-state index contributed by atoms with van der Waals surface area (Å²) in [5.41, 5.74) is 1.03. The van der Waals surface area contributed by atoms with E-state index < -0.39 is 17.7 Å². The number of aliphatic hydroxyl groups excluding tert-OH is 1. The number of ketones is 1. The van der Waals surface area contributed by atoms with Crippen molar-refractivity contribution < 1.29 is 14.7 Å². The minimum atomic E-state index is -0.530. The first kappa shape index (κ1) is 23.6. The van der Waals surface area contributed by atoms with Gasteiger partial charge in [0, 0.05) is 11.0 Å². The van der Waals surface area contributed by atoms with E-state index in [1.54, 1.807) is 4.90 Å².